The van der Waals surface area contributed by atoms with E-state index in [-0.39, 0.29) is 23.3 Å². The Bertz CT molecular complexity index is 490. The van der Waals surface area contributed by atoms with E-state index in [0.717, 1.165) is 12.8 Å². The lowest BCUT2D eigenvalue weighted by Gasteiger charge is -2.36. The Labute approximate surface area is 119 Å². The van der Waals surface area contributed by atoms with Gasteiger partial charge in [-0.15, -0.1) is 0 Å². The molecule has 5 heteroatoms. The van der Waals surface area contributed by atoms with Crippen LogP contribution >= 0.6 is 0 Å². The maximum absolute atomic E-state index is 12.5. The predicted molar refractivity (Wildman–Crippen MR) is 76.9 cm³/mol. The molecule has 110 valence electrons. The number of phenolic OH excluding ortho intramolecular Hbond substituents is 1. The molecule has 0 bridgehead atoms. The number of amides is 1. The van der Waals surface area contributed by atoms with Crippen LogP contribution in [0.25, 0.3) is 0 Å². The van der Waals surface area contributed by atoms with E-state index in [1.165, 1.54) is 7.11 Å². The molecule has 1 aromatic rings. The molecule has 5 nitrogen and oxygen atoms in total. The van der Waals surface area contributed by atoms with Crippen molar-refractivity contribution in [1.82, 2.24) is 4.90 Å². The second-order valence-corrected chi connectivity index (χ2v) is 5.23. The third kappa shape index (κ3) is 2.72. The number of carbonyl (C=O) groups excluding carboxylic acids is 1. The van der Waals surface area contributed by atoms with Crippen molar-refractivity contribution < 1.29 is 14.6 Å². The highest BCUT2D eigenvalue weighted by Gasteiger charge is 2.30. The van der Waals surface area contributed by atoms with Crippen LogP contribution in [0.2, 0.25) is 0 Å². The van der Waals surface area contributed by atoms with Crippen molar-refractivity contribution in [3.05, 3.63) is 23.8 Å². The van der Waals surface area contributed by atoms with Gasteiger partial charge < -0.3 is 20.5 Å². The zero-order valence-electron chi connectivity index (χ0n) is 12.0. The van der Waals surface area contributed by atoms with Crippen LogP contribution in [0, 0.1) is 5.92 Å². The number of phenols is 1. The number of nitrogens with two attached hydrogens (primary N) is 1. The number of methoxy groups -OCH3 is 1. The van der Waals surface area contributed by atoms with Gasteiger partial charge in [0.1, 0.15) is 0 Å². The van der Waals surface area contributed by atoms with E-state index in [0.29, 0.717) is 24.8 Å². The fraction of sp³-hybridized carbons (Fsp3) is 0.533. The summed E-state index contributed by atoms with van der Waals surface area (Å²) in [5.41, 5.74) is 6.35. The van der Waals surface area contributed by atoms with Crippen LogP contribution in [0.3, 0.4) is 0 Å². The number of piperidine rings is 1. The van der Waals surface area contributed by atoms with Crippen LogP contribution in [0.5, 0.6) is 11.5 Å². The van der Waals surface area contributed by atoms with Gasteiger partial charge in [0, 0.05) is 19.1 Å². The Morgan fingerprint density at radius 1 is 1.55 bits per heavy atom. The first-order valence-electron chi connectivity index (χ1n) is 6.99. The molecule has 0 aromatic heterocycles. The average molecular weight is 278 g/mol. The normalized spacial score (nSPS) is 22.6. The van der Waals surface area contributed by atoms with Crippen LogP contribution in [0.15, 0.2) is 18.2 Å². The number of hydrogen-bond donors (Lipinski definition) is 2. The van der Waals surface area contributed by atoms with Crippen molar-refractivity contribution in [2.45, 2.75) is 25.8 Å². The van der Waals surface area contributed by atoms with Crippen LogP contribution in [-0.2, 0) is 0 Å². The SMILES string of the molecule is CCC1CN(C(=O)c2cccc(OC)c2O)CCC1N. The van der Waals surface area contributed by atoms with E-state index < -0.39 is 0 Å². The summed E-state index contributed by atoms with van der Waals surface area (Å²) in [6, 6.07) is 5.12. The maximum atomic E-state index is 12.5. The van der Waals surface area contributed by atoms with E-state index in [9.17, 15) is 9.90 Å². The maximum Gasteiger partial charge on any atom is 0.257 e. The third-order valence-electron chi connectivity index (χ3n) is 4.05. The highest BCUT2D eigenvalue weighted by Crippen LogP contribution is 2.31. The Hall–Kier alpha value is -1.75. The first-order chi connectivity index (χ1) is 9.58. The Kier molecular flexibility index (Phi) is 4.49. The highest BCUT2D eigenvalue weighted by molar-refractivity contribution is 5.97. The molecular formula is C15H22N2O3. The number of hydrogen-bond acceptors (Lipinski definition) is 4. The molecule has 2 unspecified atom stereocenters. The zero-order chi connectivity index (χ0) is 14.7. The fourth-order valence-electron chi connectivity index (χ4n) is 2.70. The van der Waals surface area contributed by atoms with Crippen molar-refractivity contribution in [2.75, 3.05) is 20.2 Å². The zero-order valence-corrected chi connectivity index (χ0v) is 12.0. The van der Waals surface area contributed by atoms with Crippen molar-refractivity contribution in [3.63, 3.8) is 0 Å². The van der Waals surface area contributed by atoms with Crippen LogP contribution in [0.1, 0.15) is 30.1 Å². The molecule has 1 saturated heterocycles. The monoisotopic (exact) mass is 278 g/mol. The van der Waals surface area contributed by atoms with E-state index >= 15 is 0 Å². The Balaban J connectivity index is 2.19. The lowest BCUT2D eigenvalue weighted by Crippen LogP contribution is -2.49. The Morgan fingerprint density at radius 3 is 2.95 bits per heavy atom. The van der Waals surface area contributed by atoms with Crippen molar-refractivity contribution in [2.24, 2.45) is 11.7 Å². The molecule has 0 radical (unpaired) electrons. The number of likely N-dealkylation sites (tertiary alicyclic amines) is 1. The molecule has 1 amide bonds. The molecule has 0 aliphatic carbocycles. The molecule has 0 spiro atoms. The number of nitrogens with zero attached hydrogens (tertiary/aromatic N) is 1. The lowest BCUT2D eigenvalue weighted by atomic mass is 9.90. The molecule has 0 saturated carbocycles. The van der Waals surface area contributed by atoms with Gasteiger partial charge in [-0.2, -0.15) is 0 Å². The molecule has 20 heavy (non-hydrogen) atoms. The minimum atomic E-state index is -0.160. The topological polar surface area (TPSA) is 75.8 Å². The molecule has 2 atom stereocenters. The number of benzene rings is 1. The number of rotatable bonds is 3. The standard InChI is InChI=1S/C15H22N2O3/c1-3-10-9-17(8-7-12(10)16)15(19)11-5-4-6-13(20-2)14(11)18/h4-6,10,12,18H,3,7-9,16H2,1-2H3. The van der Waals surface area contributed by atoms with Gasteiger partial charge in [-0.3, -0.25) is 4.79 Å². The predicted octanol–water partition coefficient (Wildman–Crippen LogP) is 1.60. The molecule has 1 fully saturated rings. The number of aromatic hydroxyl groups is 1. The van der Waals surface area contributed by atoms with E-state index in [1.807, 2.05) is 0 Å². The van der Waals surface area contributed by atoms with E-state index in [1.54, 1.807) is 23.1 Å². The van der Waals surface area contributed by atoms with Crippen molar-refractivity contribution in [3.8, 4) is 11.5 Å². The van der Waals surface area contributed by atoms with Gasteiger partial charge in [-0.05, 0) is 24.5 Å². The largest absolute Gasteiger partial charge is 0.504 e. The lowest BCUT2D eigenvalue weighted by molar-refractivity contribution is 0.0645. The average Bonchev–Trinajstić information content (AvgIpc) is 2.47. The van der Waals surface area contributed by atoms with Crippen molar-refractivity contribution >= 4 is 5.91 Å². The molecule has 3 N–H and O–H groups in total. The van der Waals surface area contributed by atoms with Gasteiger partial charge in [0.05, 0.1) is 12.7 Å². The summed E-state index contributed by atoms with van der Waals surface area (Å²) in [5, 5.41) is 10.1. The van der Waals surface area contributed by atoms with Gasteiger partial charge in [-0.1, -0.05) is 19.4 Å². The van der Waals surface area contributed by atoms with Gasteiger partial charge in [-0.25, -0.2) is 0 Å². The molecule has 1 aromatic carbocycles. The third-order valence-corrected chi connectivity index (χ3v) is 4.05. The number of carbonyl (C=O) groups is 1. The van der Waals surface area contributed by atoms with Gasteiger partial charge in [0.25, 0.3) is 5.91 Å². The summed E-state index contributed by atoms with van der Waals surface area (Å²) in [5.74, 6) is 0.381. The number of para-hydroxylation sites is 1. The second-order valence-electron chi connectivity index (χ2n) is 5.23. The molecule has 1 heterocycles. The Morgan fingerprint density at radius 2 is 2.30 bits per heavy atom. The minimum Gasteiger partial charge on any atom is -0.504 e. The van der Waals surface area contributed by atoms with Crippen LogP contribution in [0.4, 0.5) is 0 Å². The van der Waals surface area contributed by atoms with Gasteiger partial charge >= 0.3 is 0 Å². The van der Waals surface area contributed by atoms with Crippen molar-refractivity contribution in [1.29, 1.82) is 0 Å². The summed E-state index contributed by atoms with van der Waals surface area (Å²) < 4.78 is 5.04. The number of ether oxygens (including phenoxy) is 1. The summed E-state index contributed by atoms with van der Waals surface area (Å²) >= 11 is 0. The summed E-state index contributed by atoms with van der Waals surface area (Å²) in [6.45, 7) is 3.36. The minimum absolute atomic E-state index is 0.0945. The quantitative estimate of drug-likeness (QED) is 0.880. The molecule has 2 rings (SSSR count). The smallest absolute Gasteiger partial charge is 0.257 e. The van der Waals surface area contributed by atoms with Crippen LogP contribution < -0.4 is 10.5 Å². The molecule has 1 aliphatic rings. The second kappa shape index (κ2) is 6.13. The summed E-state index contributed by atoms with van der Waals surface area (Å²) in [6.07, 6.45) is 1.75. The first-order valence-corrected chi connectivity index (χ1v) is 6.99. The van der Waals surface area contributed by atoms with Gasteiger partial charge in [0.15, 0.2) is 11.5 Å². The fourth-order valence-corrected chi connectivity index (χ4v) is 2.70. The van der Waals surface area contributed by atoms with E-state index in [4.69, 9.17) is 10.5 Å². The molecular weight excluding hydrogens is 256 g/mol. The first kappa shape index (κ1) is 14.7. The van der Waals surface area contributed by atoms with Crippen LogP contribution in [-0.4, -0.2) is 42.2 Å². The molecule has 1 aliphatic heterocycles. The van der Waals surface area contributed by atoms with Gasteiger partial charge in [0.2, 0.25) is 0 Å². The summed E-state index contributed by atoms with van der Waals surface area (Å²) in [7, 11) is 1.47. The van der Waals surface area contributed by atoms with E-state index in [2.05, 4.69) is 6.92 Å². The summed E-state index contributed by atoms with van der Waals surface area (Å²) in [4.78, 5) is 14.3. The highest BCUT2D eigenvalue weighted by atomic mass is 16.5.